The summed E-state index contributed by atoms with van der Waals surface area (Å²) in [4.78, 5) is 10.5. The topological polar surface area (TPSA) is 102 Å². The predicted molar refractivity (Wildman–Crippen MR) is 62.6 cm³/mol. The third kappa shape index (κ3) is 4.04. The molecule has 0 atom stereocenters. The molecule has 0 aliphatic heterocycles. The maximum Gasteiger partial charge on any atom is 0.353 e. The molecular weight excluding hydrogens is 222 g/mol. The Morgan fingerprint density at radius 2 is 2.06 bits per heavy atom. The first kappa shape index (κ1) is 12.9. The van der Waals surface area contributed by atoms with E-state index in [1.165, 1.54) is 11.2 Å². The average molecular weight is 237 g/mol. The van der Waals surface area contributed by atoms with Crippen LogP contribution in [0.1, 0.15) is 5.56 Å². The second-order valence-electron chi connectivity index (χ2n) is 3.41. The Bertz CT molecular complexity index is 414. The molecule has 1 aromatic rings. The van der Waals surface area contributed by atoms with Crippen LogP contribution in [0.3, 0.4) is 0 Å². The van der Waals surface area contributed by atoms with Crippen LogP contribution in [-0.2, 0) is 11.3 Å². The summed E-state index contributed by atoms with van der Waals surface area (Å²) in [6.07, 6.45) is 1.17. The van der Waals surface area contributed by atoms with E-state index < -0.39 is 5.97 Å². The largest absolute Gasteiger partial charge is 0.497 e. The van der Waals surface area contributed by atoms with E-state index in [1.54, 1.807) is 19.2 Å². The van der Waals surface area contributed by atoms with Gasteiger partial charge in [-0.25, -0.2) is 10.6 Å². The molecule has 0 amide bonds. The van der Waals surface area contributed by atoms with Crippen LogP contribution in [-0.4, -0.2) is 23.2 Å². The van der Waals surface area contributed by atoms with E-state index in [4.69, 9.17) is 21.4 Å². The van der Waals surface area contributed by atoms with Crippen LogP contribution in [0.4, 0.5) is 0 Å². The number of carboxylic acid groups (broad SMARTS) is 1. The van der Waals surface area contributed by atoms with Gasteiger partial charge in [-0.15, -0.1) is 0 Å². The first-order chi connectivity index (χ1) is 8.02. The van der Waals surface area contributed by atoms with Crippen LogP contribution < -0.4 is 16.3 Å². The van der Waals surface area contributed by atoms with Crippen molar-refractivity contribution in [3.63, 3.8) is 0 Å². The molecule has 17 heavy (non-hydrogen) atoms. The number of carboxylic acids is 1. The quantitative estimate of drug-likeness (QED) is 0.385. The number of hydrogen-bond acceptors (Lipinski definition) is 5. The van der Waals surface area contributed by atoms with Gasteiger partial charge < -0.3 is 20.6 Å². The van der Waals surface area contributed by atoms with Crippen molar-refractivity contribution in [3.05, 3.63) is 41.7 Å². The highest BCUT2D eigenvalue weighted by Crippen LogP contribution is 2.12. The fraction of sp³-hybridized carbons (Fsp3) is 0.182. The molecule has 0 saturated carbocycles. The van der Waals surface area contributed by atoms with E-state index in [-0.39, 0.29) is 5.70 Å². The van der Waals surface area contributed by atoms with Gasteiger partial charge in [0.15, 0.2) is 0 Å². The molecule has 0 aliphatic rings. The van der Waals surface area contributed by atoms with Crippen LogP contribution in [0.15, 0.2) is 36.2 Å². The normalized spacial score (nSPS) is 11.1. The first-order valence-electron chi connectivity index (χ1n) is 4.87. The molecule has 5 N–H and O–H groups in total. The van der Waals surface area contributed by atoms with Gasteiger partial charge in [0.25, 0.3) is 0 Å². The van der Waals surface area contributed by atoms with Crippen molar-refractivity contribution in [2.45, 2.75) is 6.54 Å². The second-order valence-corrected chi connectivity index (χ2v) is 3.41. The molecule has 92 valence electrons. The highest BCUT2D eigenvalue weighted by molar-refractivity contribution is 5.85. The lowest BCUT2D eigenvalue weighted by atomic mass is 10.2. The fourth-order valence-electron chi connectivity index (χ4n) is 1.22. The van der Waals surface area contributed by atoms with Gasteiger partial charge in [0, 0.05) is 6.20 Å². The Balaban J connectivity index is 2.64. The molecule has 1 aromatic carbocycles. The van der Waals surface area contributed by atoms with E-state index >= 15 is 0 Å². The summed E-state index contributed by atoms with van der Waals surface area (Å²) in [5, 5.41) is 9.79. The van der Waals surface area contributed by atoms with E-state index in [0.29, 0.717) is 6.54 Å². The lowest BCUT2D eigenvalue weighted by Gasteiger charge is -2.14. The summed E-state index contributed by atoms with van der Waals surface area (Å²) in [7, 11) is 1.58. The lowest BCUT2D eigenvalue weighted by molar-refractivity contribution is -0.132. The summed E-state index contributed by atoms with van der Waals surface area (Å²) < 4.78 is 5.02. The Morgan fingerprint density at radius 3 is 2.53 bits per heavy atom. The van der Waals surface area contributed by atoms with Crippen molar-refractivity contribution in [2.75, 3.05) is 7.11 Å². The Hall–Kier alpha value is -2.21. The van der Waals surface area contributed by atoms with Crippen molar-refractivity contribution in [3.8, 4) is 5.75 Å². The Morgan fingerprint density at radius 1 is 1.47 bits per heavy atom. The fourth-order valence-corrected chi connectivity index (χ4v) is 1.22. The summed E-state index contributed by atoms with van der Waals surface area (Å²) in [5.41, 5.74) is 5.85. The minimum absolute atomic E-state index is 0.305. The highest BCUT2D eigenvalue weighted by atomic mass is 16.5. The van der Waals surface area contributed by atoms with Gasteiger partial charge in [0.2, 0.25) is 0 Å². The zero-order valence-electron chi connectivity index (χ0n) is 9.46. The number of hydrogen-bond donors (Lipinski definition) is 3. The maximum absolute atomic E-state index is 10.5. The molecule has 0 heterocycles. The van der Waals surface area contributed by atoms with Crippen LogP contribution in [0.5, 0.6) is 5.75 Å². The molecular formula is C11H15N3O3. The summed E-state index contributed by atoms with van der Waals surface area (Å²) in [6.45, 7) is 0.359. The minimum atomic E-state index is -1.20. The molecule has 0 spiro atoms. The molecule has 0 radical (unpaired) electrons. The molecule has 0 unspecified atom stereocenters. The second kappa shape index (κ2) is 5.76. The first-order valence-corrected chi connectivity index (χ1v) is 4.87. The Kier molecular flexibility index (Phi) is 4.36. The van der Waals surface area contributed by atoms with E-state index in [1.807, 2.05) is 12.1 Å². The van der Waals surface area contributed by atoms with Crippen molar-refractivity contribution < 1.29 is 14.6 Å². The third-order valence-electron chi connectivity index (χ3n) is 2.08. The minimum Gasteiger partial charge on any atom is -0.497 e. The standard InChI is InChI=1S/C11H15N3O3/c1-17-9-4-2-8(3-5-9)6-14(13)7-10(12)11(15)16/h2-5,7H,6,12-13H2,1H3,(H,15,16)/b10-7-. The van der Waals surface area contributed by atoms with Crippen molar-refractivity contribution >= 4 is 5.97 Å². The van der Waals surface area contributed by atoms with E-state index in [0.717, 1.165) is 11.3 Å². The molecule has 0 saturated heterocycles. The van der Waals surface area contributed by atoms with Crippen molar-refractivity contribution in [1.82, 2.24) is 5.01 Å². The molecule has 6 heteroatoms. The molecule has 0 bridgehead atoms. The van der Waals surface area contributed by atoms with Crippen LogP contribution in [0, 0.1) is 0 Å². The summed E-state index contributed by atoms with van der Waals surface area (Å²) >= 11 is 0. The predicted octanol–water partition coefficient (Wildman–Crippen LogP) is 0.256. The number of rotatable bonds is 5. The number of nitrogens with two attached hydrogens (primary N) is 2. The number of hydrazine groups is 1. The number of methoxy groups -OCH3 is 1. The zero-order valence-corrected chi connectivity index (χ0v) is 9.46. The number of benzene rings is 1. The number of ether oxygens (including phenoxy) is 1. The van der Waals surface area contributed by atoms with Gasteiger partial charge >= 0.3 is 5.97 Å². The highest BCUT2D eigenvalue weighted by Gasteiger charge is 2.03. The van der Waals surface area contributed by atoms with Gasteiger partial charge in [0.05, 0.1) is 13.7 Å². The number of carbonyl (C=O) groups is 1. The average Bonchev–Trinajstić information content (AvgIpc) is 2.29. The zero-order chi connectivity index (χ0) is 12.8. The summed E-state index contributed by atoms with van der Waals surface area (Å²) in [5.74, 6) is 5.15. The monoisotopic (exact) mass is 237 g/mol. The third-order valence-corrected chi connectivity index (χ3v) is 2.08. The summed E-state index contributed by atoms with van der Waals surface area (Å²) in [6, 6.07) is 7.27. The lowest BCUT2D eigenvalue weighted by Crippen LogP contribution is -2.27. The van der Waals surface area contributed by atoms with Crippen LogP contribution >= 0.6 is 0 Å². The van der Waals surface area contributed by atoms with Gasteiger partial charge in [-0.3, -0.25) is 0 Å². The van der Waals surface area contributed by atoms with Crippen molar-refractivity contribution in [2.24, 2.45) is 11.6 Å². The number of aliphatic carboxylic acids is 1. The molecule has 0 aromatic heterocycles. The molecule has 6 nitrogen and oxygen atoms in total. The van der Waals surface area contributed by atoms with Gasteiger partial charge in [-0.1, -0.05) is 12.1 Å². The van der Waals surface area contributed by atoms with E-state index in [2.05, 4.69) is 0 Å². The van der Waals surface area contributed by atoms with Gasteiger partial charge in [-0.2, -0.15) is 0 Å². The van der Waals surface area contributed by atoms with Gasteiger partial charge in [-0.05, 0) is 17.7 Å². The van der Waals surface area contributed by atoms with E-state index in [9.17, 15) is 4.79 Å². The van der Waals surface area contributed by atoms with Crippen LogP contribution in [0.25, 0.3) is 0 Å². The smallest absolute Gasteiger partial charge is 0.353 e. The molecule has 1 rings (SSSR count). The SMILES string of the molecule is COc1ccc(CN(N)/C=C(\N)C(=O)O)cc1. The van der Waals surface area contributed by atoms with Crippen molar-refractivity contribution in [1.29, 1.82) is 0 Å². The molecule has 0 aliphatic carbocycles. The molecule has 0 fully saturated rings. The van der Waals surface area contributed by atoms with Crippen LogP contribution in [0.2, 0.25) is 0 Å². The number of nitrogens with zero attached hydrogens (tertiary/aromatic N) is 1. The maximum atomic E-state index is 10.5. The Labute approximate surface area is 99.0 Å². The van der Waals surface area contributed by atoms with Gasteiger partial charge in [0.1, 0.15) is 11.4 Å².